The number of benzene rings is 1. The van der Waals surface area contributed by atoms with Crippen molar-refractivity contribution in [3.05, 3.63) is 29.7 Å². The second-order valence-corrected chi connectivity index (χ2v) is 3.25. The molecule has 0 spiro atoms. The number of esters is 1. The monoisotopic (exact) mass is 223 g/mol. The van der Waals surface area contributed by atoms with E-state index in [0.29, 0.717) is 16.7 Å². The van der Waals surface area contributed by atoms with Crippen LogP contribution < -0.4 is 4.74 Å². The normalized spacial score (nSPS) is 10.4. The summed E-state index contributed by atoms with van der Waals surface area (Å²) in [7, 11) is 2.72. The van der Waals surface area contributed by atoms with E-state index in [-0.39, 0.29) is 5.69 Å². The molecule has 0 radical (unpaired) electrons. The molecule has 1 aromatic heterocycles. The lowest BCUT2D eigenvalue weighted by atomic mass is 10.2. The van der Waals surface area contributed by atoms with Gasteiger partial charge in [0.05, 0.1) is 19.7 Å². The zero-order valence-electron chi connectivity index (χ0n) is 8.83. The van der Waals surface area contributed by atoms with Gasteiger partial charge in [0.2, 0.25) is 0 Å². The highest BCUT2D eigenvalue weighted by molar-refractivity contribution is 5.95. The second-order valence-electron chi connectivity index (χ2n) is 3.25. The number of ether oxygens (including phenoxy) is 2. The lowest BCUT2D eigenvalue weighted by Crippen LogP contribution is -2.00. The Bertz CT molecular complexity index is 547. The van der Waals surface area contributed by atoms with Crippen LogP contribution in [0.25, 0.3) is 10.9 Å². The van der Waals surface area contributed by atoms with Gasteiger partial charge in [0.1, 0.15) is 17.3 Å². The predicted molar refractivity (Wildman–Crippen MR) is 56.1 cm³/mol. The van der Waals surface area contributed by atoms with E-state index >= 15 is 0 Å². The first kappa shape index (κ1) is 10.5. The molecule has 0 unspecified atom stereocenters. The highest BCUT2D eigenvalue weighted by Gasteiger charge is 2.13. The van der Waals surface area contributed by atoms with Gasteiger partial charge in [-0.1, -0.05) is 0 Å². The van der Waals surface area contributed by atoms with Crippen LogP contribution >= 0.6 is 0 Å². The molecule has 1 N–H and O–H groups in total. The minimum absolute atomic E-state index is 0.213. The van der Waals surface area contributed by atoms with Crippen LogP contribution in [0.4, 0.5) is 4.39 Å². The van der Waals surface area contributed by atoms with E-state index in [1.165, 1.54) is 26.4 Å². The third-order valence-corrected chi connectivity index (χ3v) is 2.30. The summed E-state index contributed by atoms with van der Waals surface area (Å²) in [6.07, 6.45) is 0. The maximum atomic E-state index is 13.6. The maximum absolute atomic E-state index is 13.6. The Labute approximate surface area is 91.0 Å². The fourth-order valence-corrected chi connectivity index (χ4v) is 1.51. The number of aromatic nitrogens is 1. The van der Waals surface area contributed by atoms with Crippen LogP contribution in [0.1, 0.15) is 10.5 Å². The average Bonchev–Trinajstić information content (AvgIpc) is 2.72. The maximum Gasteiger partial charge on any atom is 0.354 e. The highest BCUT2D eigenvalue weighted by Crippen LogP contribution is 2.24. The largest absolute Gasteiger partial charge is 0.497 e. The zero-order valence-corrected chi connectivity index (χ0v) is 8.83. The highest BCUT2D eigenvalue weighted by atomic mass is 19.1. The second kappa shape index (κ2) is 3.84. The smallest absolute Gasteiger partial charge is 0.354 e. The average molecular weight is 223 g/mol. The number of rotatable bonds is 2. The summed E-state index contributed by atoms with van der Waals surface area (Å²) in [6, 6.07) is 4.29. The number of halogens is 1. The van der Waals surface area contributed by atoms with Gasteiger partial charge < -0.3 is 14.5 Å². The van der Waals surface area contributed by atoms with E-state index in [4.69, 9.17) is 4.74 Å². The lowest BCUT2D eigenvalue weighted by molar-refractivity contribution is 0.0595. The Hall–Kier alpha value is -2.04. The molecule has 2 aromatic rings. The quantitative estimate of drug-likeness (QED) is 0.793. The molecule has 0 atom stereocenters. The Morgan fingerprint density at radius 3 is 2.69 bits per heavy atom. The van der Waals surface area contributed by atoms with Gasteiger partial charge >= 0.3 is 5.97 Å². The van der Waals surface area contributed by atoms with Gasteiger partial charge in [0.15, 0.2) is 0 Å². The van der Waals surface area contributed by atoms with Gasteiger partial charge in [0, 0.05) is 17.5 Å². The van der Waals surface area contributed by atoms with Crippen molar-refractivity contribution in [3.63, 3.8) is 0 Å². The molecule has 16 heavy (non-hydrogen) atoms. The van der Waals surface area contributed by atoms with Crippen molar-refractivity contribution >= 4 is 16.9 Å². The topological polar surface area (TPSA) is 51.3 Å². The molecule has 2 rings (SSSR count). The van der Waals surface area contributed by atoms with Gasteiger partial charge in [-0.15, -0.1) is 0 Å². The number of hydrogen-bond acceptors (Lipinski definition) is 3. The summed E-state index contributed by atoms with van der Waals surface area (Å²) >= 11 is 0. The number of fused-ring (bicyclic) bond motifs is 1. The lowest BCUT2D eigenvalue weighted by Gasteiger charge is -1.99. The van der Waals surface area contributed by atoms with E-state index in [1.807, 2.05) is 0 Å². The third-order valence-electron chi connectivity index (χ3n) is 2.30. The van der Waals surface area contributed by atoms with Crippen molar-refractivity contribution in [3.8, 4) is 5.75 Å². The molecule has 0 saturated heterocycles. The van der Waals surface area contributed by atoms with Gasteiger partial charge in [-0.2, -0.15) is 0 Å². The summed E-state index contributed by atoms with van der Waals surface area (Å²) in [5, 5.41) is 0.334. The van der Waals surface area contributed by atoms with Crippen molar-refractivity contribution in [2.75, 3.05) is 14.2 Å². The van der Waals surface area contributed by atoms with E-state index in [1.54, 1.807) is 6.07 Å². The molecule has 0 aliphatic carbocycles. The van der Waals surface area contributed by atoms with Crippen molar-refractivity contribution in [1.29, 1.82) is 0 Å². The third kappa shape index (κ3) is 1.60. The van der Waals surface area contributed by atoms with Crippen molar-refractivity contribution in [1.82, 2.24) is 4.98 Å². The van der Waals surface area contributed by atoms with Crippen LogP contribution in [-0.4, -0.2) is 25.2 Å². The standard InChI is InChI=1S/C11H10FNO3/c1-15-6-3-8(12)7-5-10(11(14)16-2)13-9(7)4-6/h3-5,13H,1-2H3. The molecular weight excluding hydrogens is 213 g/mol. The molecule has 0 saturated carbocycles. The van der Waals surface area contributed by atoms with Crippen LogP contribution in [0, 0.1) is 5.82 Å². The number of methoxy groups -OCH3 is 2. The van der Waals surface area contributed by atoms with Crippen LogP contribution in [-0.2, 0) is 4.74 Å². The molecule has 84 valence electrons. The minimum Gasteiger partial charge on any atom is -0.497 e. The van der Waals surface area contributed by atoms with Crippen LogP contribution in [0.15, 0.2) is 18.2 Å². The number of aromatic amines is 1. The Morgan fingerprint density at radius 2 is 2.06 bits per heavy atom. The summed E-state index contributed by atoms with van der Waals surface area (Å²) in [4.78, 5) is 14.0. The molecular formula is C11H10FNO3. The summed E-state index contributed by atoms with van der Waals surface area (Å²) in [5.41, 5.74) is 0.710. The molecule has 0 aliphatic rings. The Kier molecular flexibility index (Phi) is 2.52. The summed E-state index contributed by atoms with van der Waals surface area (Å²) < 4.78 is 23.0. The fourth-order valence-electron chi connectivity index (χ4n) is 1.51. The van der Waals surface area contributed by atoms with E-state index in [2.05, 4.69) is 9.72 Å². The van der Waals surface area contributed by atoms with Gasteiger partial charge in [0.25, 0.3) is 0 Å². The van der Waals surface area contributed by atoms with Gasteiger partial charge in [-0.05, 0) is 6.07 Å². The molecule has 4 nitrogen and oxygen atoms in total. The van der Waals surface area contributed by atoms with E-state index in [9.17, 15) is 9.18 Å². The number of carbonyl (C=O) groups is 1. The molecule has 0 amide bonds. The molecule has 0 bridgehead atoms. The Morgan fingerprint density at radius 1 is 1.31 bits per heavy atom. The molecule has 1 aromatic carbocycles. The van der Waals surface area contributed by atoms with Crippen molar-refractivity contribution < 1.29 is 18.7 Å². The number of nitrogens with one attached hydrogen (secondary N) is 1. The zero-order chi connectivity index (χ0) is 11.7. The van der Waals surface area contributed by atoms with E-state index in [0.717, 1.165) is 0 Å². The van der Waals surface area contributed by atoms with Crippen molar-refractivity contribution in [2.24, 2.45) is 0 Å². The molecule has 0 aliphatic heterocycles. The molecule has 0 fully saturated rings. The van der Waals surface area contributed by atoms with Gasteiger partial charge in [-0.25, -0.2) is 9.18 Å². The van der Waals surface area contributed by atoms with Crippen LogP contribution in [0.5, 0.6) is 5.75 Å². The molecule has 5 heteroatoms. The first-order valence-electron chi connectivity index (χ1n) is 4.60. The number of H-pyrrole nitrogens is 1. The predicted octanol–water partition coefficient (Wildman–Crippen LogP) is 2.10. The SMILES string of the molecule is COC(=O)c1cc2c(F)cc(OC)cc2[nH]1. The first-order chi connectivity index (χ1) is 7.65. The molecule has 1 heterocycles. The first-order valence-corrected chi connectivity index (χ1v) is 4.60. The van der Waals surface area contributed by atoms with Crippen LogP contribution in [0.2, 0.25) is 0 Å². The fraction of sp³-hybridized carbons (Fsp3) is 0.182. The Balaban J connectivity index is 2.61. The number of carbonyl (C=O) groups excluding carboxylic acids is 1. The summed E-state index contributed by atoms with van der Waals surface area (Å²) in [5.74, 6) is -0.585. The summed E-state index contributed by atoms with van der Waals surface area (Å²) in [6.45, 7) is 0. The van der Waals surface area contributed by atoms with Crippen LogP contribution in [0.3, 0.4) is 0 Å². The van der Waals surface area contributed by atoms with Crippen molar-refractivity contribution in [2.45, 2.75) is 0 Å². The van der Waals surface area contributed by atoms with Gasteiger partial charge in [-0.3, -0.25) is 0 Å². The number of hydrogen-bond donors (Lipinski definition) is 1. The van der Waals surface area contributed by atoms with E-state index < -0.39 is 11.8 Å². The minimum atomic E-state index is -0.533.